The Balaban J connectivity index is 2.04. The van der Waals surface area contributed by atoms with Crippen LogP contribution >= 0.6 is 23.2 Å². The van der Waals surface area contributed by atoms with Crippen molar-refractivity contribution < 1.29 is 14.3 Å². The molecule has 0 aliphatic heterocycles. The molecule has 26 heavy (non-hydrogen) atoms. The Labute approximate surface area is 164 Å². The molecule has 1 aliphatic carbocycles. The summed E-state index contributed by atoms with van der Waals surface area (Å²) in [7, 11) is 0. The Kier molecular flexibility index (Phi) is 7.12. The van der Waals surface area contributed by atoms with Crippen molar-refractivity contribution in [3.63, 3.8) is 0 Å². The van der Waals surface area contributed by atoms with Crippen LogP contribution in [-0.4, -0.2) is 35.2 Å². The summed E-state index contributed by atoms with van der Waals surface area (Å²) >= 11 is 11.9. The first kappa shape index (κ1) is 20.8. The number of nitrogens with zero attached hydrogens (tertiary/aromatic N) is 1. The number of carbonyl (C=O) groups is 2. The maximum atomic E-state index is 12.6. The number of amides is 2. The first-order valence-corrected chi connectivity index (χ1v) is 9.51. The van der Waals surface area contributed by atoms with Gasteiger partial charge in [-0.2, -0.15) is 0 Å². The number of hydrogen-bond acceptors (Lipinski definition) is 4. The molecule has 0 spiro atoms. The zero-order valence-corrected chi connectivity index (χ0v) is 16.8. The summed E-state index contributed by atoms with van der Waals surface area (Å²) in [6.07, 6.45) is 3.71. The first-order chi connectivity index (χ1) is 12.2. The van der Waals surface area contributed by atoms with E-state index in [2.05, 4.69) is 15.6 Å². The molecular weight excluding hydrogens is 377 g/mol. The fourth-order valence-corrected chi connectivity index (χ4v) is 3.36. The summed E-state index contributed by atoms with van der Waals surface area (Å²) in [6.45, 7) is 5.68. The molecular formula is C18H25Cl2N3O3. The van der Waals surface area contributed by atoms with Gasteiger partial charge in [0.2, 0.25) is 0 Å². The molecule has 1 heterocycles. The van der Waals surface area contributed by atoms with E-state index in [1.807, 2.05) is 0 Å². The van der Waals surface area contributed by atoms with Crippen LogP contribution in [0, 0.1) is 5.92 Å². The number of pyridine rings is 1. The molecule has 6 nitrogen and oxygen atoms in total. The number of hydrogen-bond donors (Lipinski definition) is 2. The van der Waals surface area contributed by atoms with E-state index < -0.39 is 17.6 Å². The lowest BCUT2D eigenvalue weighted by Gasteiger charge is -2.26. The Morgan fingerprint density at radius 2 is 1.92 bits per heavy atom. The molecule has 0 saturated heterocycles. The van der Waals surface area contributed by atoms with E-state index >= 15 is 0 Å². The lowest BCUT2D eigenvalue weighted by Crippen LogP contribution is -2.48. The van der Waals surface area contributed by atoms with Crippen molar-refractivity contribution in [2.45, 2.75) is 58.1 Å². The van der Waals surface area contributed by atoms with Gasteiger partial charge < -0.3 is 15.4 Å². The lowest BCUT2D eigenvalue weighted by atomic mass is 9.98. The minimum absolute atomic E-state index is 0.0828. The second kappa shape index (κ2) is 8.91. The van der Waals surface area contributed by atoms with Crippen LogP contribution in [0.25, 0.3) is 0 Å². The summed E-state index contributed by atoms with van der Waals surface area (Å²) in [4.78, 5) is 28.5. The smallest absolute Gasteiger partial charge is 0.407 e. The largest absolute Gasteiger partial charge is 0.444 e. The van der Waals surface area contributed by atoms with Crippen LogP contribution in [-0.2, 0) is 4.74 Å². The van der Waals surface area contributed by atoms with Crippen molar-refractivity contribution in [3.8, 4) is 0 Å². The molecule has 2 amide bonds. The van der Waals surface area contributed by atoms with Gasteiger partial charge in [0.1, 0.15) is 16.4 Å². The number of carbonyl (C=O) groups excluding carboxylic acids is 2. The van der Waals surface area contributed by atoms with Crippen molar-refractivity contribution in [1.29, 1.82) is 0 Å². The molecule has 0 unspecified atom stereocenters. The van der Waals surface area contributed by atoms with Crippen molar-refractivity contribution >= 4 is 35.2 Å². The first-order valence-electron chi connectivity index (χ1n) is 8.75. The Bertz CT molecular complexity index is 656. The van der Waals surface area contributed by atoms with Gasteiger partial charge in [-0.1, -0.05) is 36.0 Å². The maximum absolute atomic E-state index is 12.6. The molecule has 1 atom stereocenters. The zero-order chi connectivity index (χ0) is 19.3. The number of halogens is 2. The highest BCUT2D eigenvalue weighted by molar-refractivity contribution is 6.34. The van der Waals surface area contributed by atoms with Gasteiger partial charge in [0.05, 0.1) is 5.02 Å². The van der Waals surface area contributed by atoms with Gasteiger partial charge >= 0.3 is 6.09 Å². The maximum Gasteiger partial charge on any atom is 0.407 e. The monoisotopic (exact) mass is 401 g/mol. The van der Waals surface area contributed by atoms with Gasteiger partial charge in [0.25, 0.3) is 5.91 Å². The van der Waals surface area contributed by atoms with E-state index in [9.17, 15) is 9.59 Å². The normalized spacial score (nSPS) is 16.2. The Morgan fingerprint density at radius 1 is 1.27 bits per heavy atom. The molecule has 8 heteroatoms. The number of nitrogens with one attached hydrogen (secondary N) is 2. The molecule has 0 aromatic carbocycles. The molecule has 0 bridgehead atoms. The predicted octanol–water partition coefficient (Wildman–Crippen LogP) is 4.20. The third-order valence-electron chi connectivity index (χ3n) is 4.18. The molecule has 0 radical (unpaired) electrons. The summed E-state index contributed by atoms with van der Waals surface area (Å²) in [6, 6.07) is 2.84. The fraction of sp³-hybridized carbons (Fsp3) is 0.611. The number of rotatable bonds is 5. The van der Waals surface area contributed by atoms with Gasteiger partial charge in [-0.05, 0) is 51.7 Å². The predicted molar refractivity (Wildman–Crippen MR) is 102 cm³/mol. The summed E-state index contributed by atoms with van der Waals surface area (Å²) < 4.78 is 5.26. The molecule has 1 aromatic heterocycles. The van der Waals surface area contributed by atoms with Gasteiger partial charge in [-0.15, -0.1) is 0 Å². The van der Waals surface area contributed by atoms with Crippen molar-refractivity contribution in [1.82, 2.24) is 15.6 Å². The summed E-state index contributed by atoms with van der Waals surface area (Å²) in [5, 5.41) is 6.12. The zero-order valence-electron chi connectivity index (χ0n) is 15.3. The Morgan fingerprint density at radius 3 is 2.54 bits per heavy atom. The third kappa shape index (κ3) is 6.32. The third-order valence-corrected chi connectivity index (χ3v) is 4.69. The molecule has 2 N–H and O–H groups in total. The topological polar surface area (TPSA) is 80.3 Å². The minimum Gasteiger partial charge on any atom is -0.444 e. The van der Waals surface area contributed by atoms with Gasteiger partial charge in [0.15, 0.2) is 0 Å². The van der Waals surface area contributed by atoms with E-state index in [1.165, 1.54) is 12.1 Å². The quantitative estimate of drug-likeness (QED) is 0.724. The molecule has 1 fully saturated rings. The van der Waals surface area contributed by atoms with E-state index in [4.69, 9.17) is 27.9 Å². The van der Waals surface area contributed by atoms with Crippen LogP contribution in [0.5, 0.6) is 0 Å². The SMILES string of the molecule is CC(C)(C)OC(=O)NC[C@@H](NC(=O)c1nc(Cl)ccc1Cl)C1CCCC1. The van der Waals surface area contributed by atoms with Crippen molar-refractivity contribution in [3.05, 3.63) is 28.0 Å². The molecule has 1 aromatic rings. The standard InChI is InChI=1S/C18H25Cl2N3O3/c1-18(2,3)26-17(25)21-10-13(11-6-4-5-7-11)22-16(24)15-12(19)8-9-14(20)23-15/h8-9,11,13H,4-7,10H2,1-3H3,(H,21,25)(H,22,24)/t13-/m1/s1. The highest BCUT2D eigenvalue weighted by Gasteiger charge is 2.28. The number of ether oxygens (including phenoxy) is 1. The number of aromatic nitrogens is 1. The highest BCUT2D eigenvalue weighted by atomic mass is 35.5. The molecule has 144 valence electrons. The van der Waals surface area contributed by atoms with Gasteiger partial charge in [-0.3, -0.25) is 4.79 Å². The average Bonchev–Trinajstić information content (AvgIpc) is 3.06. The van der Waals surface area contributed by atoms with Crippen LogP contribution in [0.4, 0.5) is 4.79 Å². The van der Waals surface area contributed by atoms with E-state index in [-0.39, 0.29) is 34.4 Å². The average molecular weight is 402 g/mol. The van der Waals surface area contributed by atoms with Crippen LogP contribution in [0.1, 0.15) is 56.9 Å². The van der Waals surface area contributed by atoms with Crippen LogP contribution in [0.15, 0.2) is 12.1 Å². The van der Waals surface area contributed by atoms with Crippen LogP contribution in [0.2, 0.25) is 10.2 Å². The van der Waals surface area contributed by atoms with E-state index in [0.29, 0.717) is 0 Å². The minimum atomic E-state index is -0.575. The van der Waals surface area contributed by atoms with Crippen LogP contribution < -0.4 is 10.6 Å². The van der Waals surface area contributed by atoms with Crippen LogP contribution in [0.3, 0.4) is 0 Å². The second-order valence-electron chi connectivity index (χ2n) is 7.47. The summed E-state index contributed by atoms with van der Waals surface area (Å²) in [5.41, 5.74) is -0.492. The second-order valence-corrected chi connectivity index (χ2v) is 8.27. The van der Waals surface area contributed by atoms with Gasteiger partial charge in [-0.25, -0.2) is 9.78 Å². The number of alkyl carbamates (subject to hydrolysis) is 1. The summed E-state index contributed by atoms with van der Waals surface area (Å²) in [5.74, 6) is -0.118. The lowest BCUT2D eigenvalue weighted by molar-refractivity contribution is 0.0514. The molecule has 1 aliphatic rings. The highest BCUT2D eigenvalue weighted by Crippen LogP contribution is 2.28. The van der Waals surface area contributed by atoms with Crippen molar-refractivity contribution in [2.75, 3.05) is 6.54 Å². The van der Waals surface area contributed by atoms with Crippen molar-refractivity contribution in [2.24, 2.45) is 5.92 Å². The fourth-order valence-electron chi connectivity index (χ4n) is 3.02. The van der Waals surface area contributed by atoms with E-state index in [0.717, 1.165) is 25.7 Å². The molecule has 2 rings (SSSR count). The van der Waals surface area contributed by atoms with E-state index in [1.54, 1.807) is 20.8 Å². The molecule has 1 saturated carbocycles. The Hall–Kier alpha value is -1.53. The van der Waals surface area contributed by atoms with Gasteiger partial charge in [0, 0.05) is 12.6 Å².